The van der Waals surface area contributed by atoms with Crippen LogP contribution in [0.4, 0.5) is 17.6 Å². The molecule has 1 saturated heterocycles. The highest BCUT2D eigenvalue weighted by Gasteiger charge is 2.31. The van der Waals surface area contributed by atoms with Crippen molar-refractivity contribution in [3.8, 4) is 5.75 Å². The summed E-state index contributed by atoms with van der Waals surface area (Å²) in [7, 11) is 0. The van der Waals surface area contributed by atoms with Crippen LogP contribution in [0, 0.1) is 10.7 Å². The number of halogens is 4. The molecule has 0 radical (unpaired) electrons. The first-order valence-electron chi connectivity index (χ1n) is 10.5. The Balaban J connectivity index is 1.36. The Kier molecular flexibility index (Phi) is 6.28. The third-order valence-corrected chi connectivity index (χ3v) is 5.97. The Labute approximate surface area is 182 Å². The van der Waals surface area contributed by atoms with Crippen LogP contribution in [0.2, 0.25) is 0 Å². The molecule has 0 unspecified atom stereocenters. The van der Waals surface area contributed by atoms with Gasteiger partial charge in [-0.05, 0) is 79.1 Å². The minimum atomic E-state index is -4.38. The summed E-state index contributed by atoms with van der Waals surface area (Å²) in [5, 5.41) is 2.34. The molecule has 4 rings (SSSR count). The van der Waals surface area contributed by atoms with E-state index in [1.165, 1.54) is 24.3 Å². The topological polar surface area (TPSA) is 59.0 Å². The molecule has 0 bridgehead atoms. The first kappa shape index (κ1) is 22.4. The van der Waals surface area contributed by atoms with Crippen LogP contribution in [0.15, 0.2) is 41.6 Å². The van der Waals surface area contributed by atoms with Gasteiger partial charge in [0.25, 0.3) is 0 Å². The molecule has 1 aliphatic carbocycles. The third-order valence-electron chi connectivity index (χ3n) is 5.97. The molecule has 2 fully saturated rings. The lowest BCUT2D eigenvalue weighted by Crippen LogP contribution is -2.38. The van der Waals surface area contributed by atoms with Gasteiger partial charge in [0.05, 0.1) is 11.1 Å². The fourth-order valence-corrected chi connectivity index (χ4v) is 4.10. The van der Waals surface area contributed by atoms with Crippen LogP contribution in [0.1, 0.15) is 58.6 Å². The van der Waals surface area contributed by atoms with Crippen molar-refractivity contribution in [3.05, 3.63) is 69.4 Å². The van der Waals surface area contributed by atoms with Gasteiger partial charge in [0.2, 0.25) is 0 Å². The molecular weight excluding hydrogens is 428 g/mol. The number of likely N-dealkylation sites (tertiary alicyclic amines) is 1. The average molecular weight is 450 g/mol. The van der Waals surface area contributed by atoms with Gasteiger partial charge in [0.15, 0.2) is 0 Å². The lowest BCUT2D eigenvalue weighted by molar-refractivity contribution is -0.137. The van der Waals surface area contributed by atoms with Gasteiger partial charge >= 0.3 is 12.1 Å². The average Bonchev–Trinajstić information content (AvgIpc) is 3.60. The number of benzene rings is 2. The molecule has 170 valence electrons. The summed E-state index contributed by atoms with van der Waals surface area (Å²) in [5.74, 6) is -1.17. The van der Waals surface area contributed by atoms with Gasteiger partial charge < -0.3 is 4.74 Å². The number of rotatable bonds is 6. The van der Waals surface area contributed by atoms with Gasteiger partial charge in [-0.15, -0.1) is 4.91 Å². The van der Waals surface area contributed by atoms with Crippen LogP contribution in [-0.4, -0.2) is 30.0 Å². The second-order valence-electron chi connectivity index (χ2n) is 8.32. The summed E-state index contributed by atoms with van der Waals surface area (Å²) in [6.07, 6.45) is -1.19. The van der Waals surface area contributed by atoms with Gasteiger partial charge in [-0.2, -0.15) is 13.2 Å². The Hall–Kier alpha value is -2.81. The molecule has 5 nitrogen and oxygen atoms in total. The molecule has 1 saturated carbocycles. The van der Waals surface area contributed by atoms with Crippen molar-refractivity contribution in [1.82, 2.24) is 4.90 Å². The van der Waals surface area contributed by atoms with E-state index in [0.717, 1.165) is 36.1 Å². The number of hydrogen-bond donors (Lipinski definition) is 0. The zero-order valence-corrected chi connectivity index (χ0v) is 17.2. The quantitative estimate of drug-likeness (QED) is 0.420. The predicted molar refractivity (Wildman–Crippen MR) is 109 cm³/mol. The fraction of sp³-hybridized carbons (Fsp3) is 0.435. The lowest BCUT2D eigenvalue weighted by Gasteiger charge is -2.32. The number of carbonyl (C=O) groups is 1. The van der Waals surface area contributed by atoms with E-state index in [4.69, 9.17) is 4.74 Å². The number of piperidine rings is 1. The van der Waals surface area contributed by atoms with E-state index in [-0.39, 0.29) is 17.6 Å². The number of nitroso groups, excluding NO2 is 1. The molecule has 2 aliphatic rings. The number of amides is 1. The summed E-state index contributed by atoms with van der Waals surface area (Å²) in [4.78, 5) is 24.3. The summed E-state index contributed by atoms with van der Waals surface area (Å²) in [6.45, 7) is 1.89. The Bertz CT molecular complexity index is 996. The molecule has 2 aromatic carbocycles. The SMILES string of the molecule is O=NC(=O)c1cc(C2CC2)c(CN2CCC(Oc3ccc(C(F)(F)F)cc3)CC2)cc1F. The van der Waals surface area contributed by atoms with E-state index in [1.54, 1.807) is 0 Å². The molecule has 0 aromatic heterocycles. The number of carbonyl (C=O) groups excluding carboxylic acids is 1. The van der Waals surface area contributed by atoms with Crippen LogP contribution in [0.3, 0.4) is 0 Å². The van der Waals surface area contributed by atoms with Gasteiger partial charge in [0.1, 0.15) is 17.7 Å². The summed E-state index contributed by atoms with van der Waals surface area (Å²) < 4.78 is 58.3. The lowest BCUT2D eigenvalue weighted by atomic mass is 9.97. The van der Waals surface area contributed by atoms with E-state index < -0.39 is 23.5 Å². The number of hydrogen-bond acceptors (Lipinski definition) is 4. The normalized spacial score (nSPS) is 17.9. The molecule has 0 spiro atoms. The van der Waals surface area contributed by atoms with Gasteiger partial charge in [-0.1, -0.05) is 0 Å². The monoisotopic (exact) mass is 450 g/mol. The smallest absolute Gasteiger partial charge is 0.416 e. The summed E-state index contributed by atoms with van der Waals surface area (Å²) in [5.41, 5.74) is 0.695. The van der Waals surface area contributed by atoms with Crippen LogP contribution in [0.25, 0.3) is 0 Å². The zero-order chi connectivity index (χ0) is 22.9. The van der Waals surface area contributed by atoms with Crippen molar-refractivity contribution in [1.29, 1.82) is 0 Å². The van der Waals surface area contributed by atoms with E-state index in [1.807, 2.05) is 0 Å². The maximum atomic E-state index is 14.4. The molecule has 0 atom stereocenters. The Morgan fingerprint density at radius 2 is 1.72 bits per heavy atom. The van der Waals surface area contributed by atoms with Gasteiger partial charge in [-0.25, -0.2) is 4.39 Å². The standard InChI is InChI=1S/C23H22F4N2O3/c24-21-11-15(19(14-1-2-14)12-20(21)22(30)28-31)13-29-9-7-18(8-10-29)32-17-5-3-16(4-6-17)23(25,26)27/h3-6,11-12,14,18H,1-2,7-10,13H2. The predicted octanol–water partition coefficient (Wildman–Crippen LogP) is 5.67. The third kappa shape index (κ3) is 5.15. The highest BCUT2D eigenvalue weighted by molar-refractivity contribution is 5.95. The first-order chi connectivity index (χ1) is 15.2. The van der Waals surface area contributed by atoms with Crippen molar-refractivity contribution in [2.45, 2.75) is 50.4 Å². The van der Waals surface area contributed by atoms with E-state index >= 15 is 0 Å². The Morgan fingerprint density at radius 1 is 1.06 bits per heavy atom. The molecule has 9 heteroatoms. The second kappa shape index (κ2) is 8.97. The van der Waals surface area contributed by atoms with Crippen LogP contribution >= 0.6 is 0 Å². The number of nitrogens with zero attached hydrogens (tertiary/aromatic N) is 2. The van der Waals surface area contributed by atoms with E-state index in [0.29, 0.717) is 38.2 Å². The highest BCUT2D eigenvalue weighted by atomic mass is 19.4. The summed E-state index contributed by atoms with van der Waals surface area (Å²) >= 11 is 0. The molecule has 1 aliphatic heterocycles. The molecule has 1 amide bonds. The molecular formula is C23H22F4N2O3. The molecule has 32 heavy (non-hydrogen) atoms. The van der Waals surface area contributed by atoms with E-state index in [9.17, 15) is 27.3 Å². The Morgan fingerprint density at radius 3 is 2.28 bits per heavy atom. The van der Waals surface area contributed by atoms with Gasteiger partial charge in [-0.3, -0.25) is 9.69 Å². The fourth-order valence-electron chi connectivity index (χ4n) is 4.10. The highest BCUT2D eigenvalue weighted by Crippen LogP contribution is 2.43. The second-order valence-corrected chi connectivity index (χ2v) is 8.32. The van der Waals surface area contributed by atoms with Crippen molar-refractivity contribution in [3.63, 3.8) is 0 Å². The first-order valence-corrected chi connectivity index (χ1v) is 10.5. The maximum Gasteiger partial charge on any atom is 0.416 e. The minimum absolute atomic E-state index is 0.110. The largest absolute Gasteiger partial charge is 0.490 e. The zero-order valence-electron chi connectivity index (χ0n) is 17.2. The molecule has 1 heterocycles. The molecule has 2 aromatic rings. The van der Waals surface area contributed by atoms with Crippen LogP contribution in [0.5, 0.6) is 5.75 Å². The minimum Gasteiger partial charge on any atom is -0.490 e. The van der Waals surface area contributed by atoms with Crippen molar-refractivity contribution in [2.75, 3.05) is 13.1 Å². The van der Waals surface area contributed by atoms with Crippen LogP contribution in [-0.2, 0) is 12.7 Å². The van der Waals surface area contributed by atoms with E-state index in [2.05, 4.69) is 10.1 Å². The number of ether oxygens (including phenoxy) is 1. The van der Waals surface area contributed by atoms with Crippen molar-refractivity contribution < 1.29 is 27.1 Å². The van der Waals surface area contributed by atoms with Gasteiger partial charge in [0, 0.05) is 24.8 Å². The van der Waals surface area contributed by atoms with Crippen molar-refractivity contribution >= 4 is 5.91 Å². The van der Waals surface area contributed by atoms with Crippen molar-refractivity contribution in [2.24, 2.45) is 5.18 Å². The maximum absolute atomic E-state index is 14.4. The summed E-state index contributed by atoms with van der Waals surface area (Å²) in [6, 6.07) is 7.47. The molecule has 0 N–H and O–H groups in total. The number of alkyl halides is 3. The van der Waals surface area contributed by atoms with Crippen LogP contribution < -0.4 is 4.74 Å².